The number of hydrogen-bond donors (Lipinski definition) is 1. The van der Waals surface area contributed by atoms with E-state index in [-0.39, 0.29) is 11.5 Å². The zero-order chi connectivity index (χ0) is 25.4. The highest BCUT2D eigenvalue weighted by Crippen LogP contribution is 2.39. The maximum Gasteiger partial charge on any atom is 0.258 e. The minimum absolute atomic E-state index is 0.227. The summed E-state index contributed by atoms with van der Waals surface area (Å²) in [7, 11) is 3.13. The lowest BCUT2D eigenvalue weighted by atomic mass is 9.91. The molecule has 2 heterocycles. The number of halogens is 1. The van der Waals surface area contributed by atoms with Crippen LogP contribution in [0.5, 0.6) is 11.5 Å². The molecule has 8 heteroatoms. The summed E-state index contributed by atoms with van der Waals surface area (Å²) >= 11 is 6.15. The molecular weight excluding hydrogens is 478 g/mol. The Bertz CT molecular complexity index is 1560. The number of nitrogens with zero attached hydrogens (tertiary/aromatic N) is 2. The van der Waals surface area contributed by atoms with Crippen LogP contribution < -0.4 is 15.0 Å². The minimum atomic E-state index is -0.402. The number of carbonyl (C=O) groups excluding carboxylic acids is 1. The zero-order valence-corrected chi connectivity index (χ0v) is 20.8. The van der Waals surface area contributed by atoms with E-state index in [9.17, 15) is 9.59 Å². The second-order valence-corrected chi connectivity index (χ2v) is 8.94. The fraction of sp³-hybridized carbons (Fsp3) is 0.179. The summed E-state index contributed by atoms with van der Waals surface area (Å²) in [6.45, 7) is 1.46. The highest BCUT2D eigenvalue weighted by atomic mass is 35.5. The Balaban J connectivity index is 1.69. The number of fused-ring (bicyclic) bond motifs is 1. The summed E-state index contributed by atoms with van der Waals surface area (Å²) in [5.41, 5.74) is 3.83. The van der Waals surface area contributed by atoms with Crippen LogP contribution in [-0.2, 0) is 4.79 Å². The lowest BCUT2D eigenvalue weighted by Gasteiger charge is -2.21. The van der Waals surface area contributed by atoms with E-state index in [1.807, 2.05) is 48.5 Å². The number of rotatable bonds is 5. The van der Waals surface area contributed by atoms with Crippen molar-refractivity contribution >= 4 is 34.1 Å². The third-order valence-corrected chi connectivity index (χ3v) is 6.62. The summed E-state index contributed by atoms with van der Waals surface area (Å²) in [6.07, 6.45) is 0.358. The molecule has 0 spiro atoms. The summed E-state index contributed by atoms with van der Waals surface area (Å²) in [4.78, 5) is 29.1. The van der Waals surface area contributed by atoms with Crippen molar-refractivity contribution in [3.8, 4) is 22.6 Å². The molecule has 36 heavy (non-hydrogen) atoms. The van der Waals surface area contributed by atoms with Gasteiger partial charge in [-0.1, -0.05) is 48.0 Å². The second kappa shape index (κ2) is 9.51. The summed E-state index contributed by atoms with van der Waals surface area (Å²) in [5.74, 6) is 0.915. The summed E-state index contributed by atoms with van der Waals surface area (Å²) in [6, 6.07) is 20.1. The molecule has 1 aliphatic heterocycles. The van der Waals surface area contributed by atoms with Crippen LogP contribution in [0.2, 0.25) is 5.02 Å². The van der Waals surface area contributed by atoms with Crippen LogP contribution >= 0.6 is 11.6 Å². The number of carbonyl (C=O) groups is 1. The predicted octanol–water partition coefficient (Wildman–Crippen LogP) is 5.56. The number of pyridine rings is 1. The van der Waals surface area contributed by atoms with Crippen LogP contribution in [0.1, 0.15) is 30.5 Å². The van der Waals surface area contributed by atoms with Crippen LogP contribution in [0.4, 0.5) is 0 Å². The molecule has 1 aliphatic rings. The van der Waals surface area contributed by atoms with Gasteiger partial charge in [0.2, 0.25) is 5.91 Å². The Labute approximate surface area is 212 Å². The van der Waals surface area contributed by atoms with Crippen LogP contribution in [-0.4, -0.2) is 35.8 Å². The van der Waals surface area contributed by atoms with E-state index in [1.54, 1.807) is 32.4 Å². The third-order valence-electron chi connectivity index (χ3n) is 6.37. The molecule has 1 unspecified atom stereocenters. The van der Waals surface area contributed by atoms with Gasteiger partial charge in [-0.25, -0.2) is 5.01 Å². The average Bonchev–Trinajstić information content (AvgIpc) is 3.33. The predicted molar refractivity (Wildman–Crippen MR) is 141 cm³/mol. The van der Waals surface area contributed by atoms with Gasteiger partial charge in [0.1, 0.15) is 0 Å². The standard InChI is InChI=1S/C28H24ClN3O4/c1-16(33)32-23(18-10-13-24(35-2)25(14-18)36-3)15-22(31-32)27-26(17-8-11-19(29)12-9-17)20-6-4-5-7-21(20)30-28(27)34/h4-14,23H,15H2,1-3H3,(H,30,34). The SMILES string of the molecule is COc1ccc(C2CC(c3c(-c4ccc(Cl)cc4)c4ccccc4[nH]c3=O)=NN2C(C)=O)cc1OC. The van der Waals surface area contributed by atoms with E-state index in [0.29, 0.717) is 34.2 Å². The number of aromatic nitrogens is 1. The van der Waals surface area contributed by atoms with Gasteiger partial charge in [0, 0.05) is 34.8 Å². The van der Waals surface area contributed by atoms with Crippen molar-refractivity contribution in [2.75, 3.05) is 14.2 Å². The molecular formula is C28H24ClN3O4. The third kappa shape index (κ3) is 4.12. The maximum atomic E-state index is 13.5. The number of hydrogen-bond acceptors (Lipinski definition) is 5. The highest BCUT2D eigenvalue weighted by molar-refractivity contribution is 6.30. The first-order valence-corrected chi connectivity index (χ1v) is 11.8. The second-order valence-electron chi connectivity index (χ2n) is 8.50. The van der Waals surface area contributed by atoms with Gasteiger partial charge in [-0.3, -0.25) is 9.59 Å². The fourth-order valence-corrected chi connectivity index (χ4v) is 4.83. The zero-order valence-electron chi connectivity index (χ0n) is 20.0. The van der Waals surface area contributed by atoms with E-state index in [1.165, 1.54) is 11.9 Å². The number of amides is 1. The number of nitrogens with one attached hydrogen (secondary N) is 1. The molecule has 5 rings (SSSR count). The van der Waals surface area contributed by atoms with Gasteiger partial charge in [-0.2, -0.15) is 5.10 Å². The molecule has 4 aromatic rings. The Hall–Kier alpha value is -4.10. The topological polar surface area (TPSA) is 84.0 Å². The lowest BCUT2D eigenvalue weighted by molar-refractivity contribution is -0.130. The molecule has 182 valence electrons. The van der Waals surface area contributed by atoms with Gasteiger partial charge < -0.3 is 14.5 Å². The first kappa shape index (κ1) is 23.6. The van der Waals surface area contributed by atoms with Gasteiger partial charge in [0.25, 0.3) is 5.56 Å². The summed E-state index contributed by atoms with van der Waals surface area (Å²) in [5, 5.41) is 7.57. The Morgan fingerprint density at radius 1 is 1.00 bits per heavy atom. The van der Waals surface area contributed by atoms with Crippen molar-refractivity contribution in [3.63, 3.8) is 0 Å². The highest BCUT2D eigenvalue weighted by Gasteiger charge is 2.34. The first-order chi connectivity index (χ1) is 17.4. The smallest absolute Gasteiger partial charge is 0.258 e. The number of aromatic amines is 1. The monoisotopic (exact) mass is 501 g/mol. The summed E-state index contributed by atoms with van der Waals surface area (Å²) < 4.78 is 10.8. The molecule has 0 fully saturated rings. The van der Waals surface area contributed by atoms with Gasteiger partial charge in [0.05, 0.1) is 31.5 Å². The van der Waals surface area contributed by atoms with Crippen LogP contribution in [0, 0.1) is 0 Å². The van der Waals surface area contributed by atoms with Crippen molar-refractivity contribution in [2.24, 2.45) is 5.10 Å². The van der Waals surface area contributed by atoms with E-state index < -0.39 is 6.04 Å². The molecule has 1 amide bonds. The molecule has 1 aromatic heterocycles. The van der Waals surface area contributed by atoms with Gasteiger partial charge in [-0.05, 0) is 41.5 Å². The van der Waals surface area contributed by atoms with Crippen LogP contribution in [0.3, 0.4) is 0 Å². The molecule has 7 nitrogen and oxygen atoms in total. The van der Waals surface area contributed by atoms with Crippen molar-refractivity contribution in [3.05, 3.63) is 93.2 Å². The van der Waals surface area contributed by atoms with Crippen molar-refractivity contribution in [2.45, 2.75) is 19.4 Å². The maximum absolute atomic E-state index is 13.5. The van der Waals surface area contributed by atoms with Gasteiger partial charge in [-0.15, -0.1) is 0 Å². The Morgan fingerprint density at radius 3 is 2.42 bits per heavy atom. The van der Waals surface area contributed by atoms with Crippen molar-refractivity contribution < 1.29 is 14.3 Å². The largest absolute Gasteiger partial charge is 0.493 e. The van der Waals surface area contributed by atoms with E-state index >= 15 is 0 Å². The number of methoxy groups -OCH3 is 2. The fourth-order valence-electron chi connectivity index (χ4n) is 4.71. The molecule has 0 bridgehead atoms. The number of ether oxygens (including phenoxy) is 2. The lowest BCUT2D eigenvalue weighted by Crippen LogP contribution is -2.24. The van der Waals surface area contributed by atoms with Gasteiger partial charge in [0.15, 0.2) is 11.5 Å². The number of benzene rings is 3. The van der Waals surface area contributed by atoms with E-state index in [2.05, 4.69) is 10.1 Å². The molecule has 1 atom stereocenters. The molecule has 0 radical (unpaired) electrons. The quantitative estimate of drug-likeness (QED) is 0.388. The number of H-pyrrole nitrogens is 1. The molecule has 3 aromatic carbocycles. The Kier molecular flexibility index (Phi) is 6.24. The number of para-hydroxylation sites is 1. The first-order valence-electron chi connectivity index (χ1n) is 11.4. The molecule has 0 aliphatic carbocycles. The van der Waals surface area contributed by atoms with Crippen LogP contribution in [0.15, 0.2) is 76.6 Å². The Morgan fingerprint density at radius 2 is 1.72 bits per heavy atom. The van der Waals surface area contributed by atoms with Crippen molar-refractivity contribution in [1.82, 2.24) is 9.99 Å². The average molecular weight is 502 g/mol. The van der Waals surface area contributed by atoms with Crippen molar-refractivity contribution in [1.29, 1.82) is 0 Å². The normalized spacial score (nSPS) is 15.2. The molecule has 0 saturated heterocycles. The molecule has 1 N–H and O–H groups in total. The minimum Gasteiger partial charge on any atom is -0.493 e. The molecule has 0 saturated carbocycles. The number of hydrazone groups is 1. The van der Waals surface area contributed by atoms with Crippen LogP contribution in [0.25, 0.3) is 22.0 Å². The van der Waals surface area contributed by atoms with E-state index in [4.69, 9.17) is 21.1 Å². The van der Waals surface area contributed by atoms with Gasteiger partial charge >= 0.3 is 0 Å². The van der Waals surface area contributed by atoms with E-state index in [0.717, 1.165) is 27.6 Å².